The number of carbonyl (C=O) groups excluding carboxylic acids is 9. The van der Waals surface area contributed by atoms with Crippen molar-refractivity contribution in [2.24, 2.45) is 0 Å². The van der Waals surface area contributed by atoms with Crippen LogP contribution in [0.1, 0.15) is 71.2 Å². The van der Waals surface area contributed by atoms with Gasteiger partial charge in [-0.3, -0.25) is 53.0 Å². The predicted octanol–water partition coefficient (Wildman–Crippen LogP) is -0.222. The SMILES string of the molecule is CC[C@@]1(O)C(=O)OCc2c1cc1n(c2=O)Cc2c-1cc1cc(F)c(C)c3c1c2[C@@H](NC(=O)COCNC(=O)CNC(=O)[C@H](Cc1ccccc1)NC(=O)CNC(=O)CN1CCOCCN(C(=O)CCN2C(=O)C=CC2=O)CCOCC1)CC3. The number of aliphatic hydroxyl groups is 1. The van der Waals surface area contributed by atoms with Crippen molar-refractivity contribution in [3.8, 4) is 11.3 Å². The van der Waals surface area contributed by atoms with Crippen molar-refractivity contribution >= 4 is 64.0 Å². The molecule has 1 aliphatic carbocycles. The van der Waals surface area contributed by atoms with E-state index in [1.165, 1.54) is 22.8 Å². The lowest BCUT2D eigenvalue weighted by atomic mass is 9.79. The molecule has 0 saturated carbocycles. The second kappa shape index (κ2) is 26.3. The Kier molecular flexibility index (Phi) is 18.9. The molecule has 1 fully saturated rings. The molecule has 0 bridgehead atoms. The first-order chi connectivity index (χ1) is 39.9. The number of carbonyl (C=O) groups is 9. The van der Waals surface area contributed by atoms with Crippen LogP contribution in [-0.2, 0) is 93.7 Å². The zero-order chi connectivity index (χ0) is 59.0. The number of hydrogen-bond acceptors (Lipinski definition) is 16. The molecule has 3 aromatic carbocycles. The van der Waals surface area contributed by atoms with Crippen LogP contribution >= 0.6 is 0 Å². The average Bonchev–Trinajstić information content (AvgIpc) is 2.24. The summed E-state index contributed by atoms with van der Waals surface area (Å²) in [5.41, 5.74) is 2.33. The zero-order valence-electron chi connectivity index (χ0n) is 46.1. The third kappa shape index (κ3) is 13.5. The van der Waals surface area contributed by atoms with Gasteiger partial charge < -0.3 is 60.1 Å². The number of imide groups is 1. The molecule has 25 heteroatoms. The van der Waals surface area contributed by atoms with Crippen LogP contribution < -0.4 is 32.1 Å². The smallest absolute Gasteiger partial charge is 0.343 e. The second-order valence-corrected chi connectivity index (χ2v) is 20.8. The van der Waals surface area contributed by atoms with Gasteiger partial charge in [0.2, 0.25) is 35.4 Å². The molecule has 24 nitrogen and oxygen atoms in total. The van der Waals surface area contributed by atoms with Crippen LogP contribution in [0, 0.1) is 12.7 Å². The maximum absolute atomic E-state index is 15.4. The summed E-state index contributed by atoms with van der Waals surface area (Å²) in [6, 6.07) is 12.0. The number of benzene rings is 3. The van der Waals surface area contributed by atoms with Crippen LogP contribution in [0.15, 0.2) is 65.5 Å². The number of ether oxygens (including phenoxy) is 4. The number of aromatic nitrogens is 1. The third-order valence-electron chi connectivity index (χ3n) is 15.6. The van der Waals surface area contributed by atoms with Gasteiger partial charge in [-0.1, -0.05) is 37.3 Å². The molecular weight excluding hydrogens is 1080 g/mol. The van der Waals surface area contributed by atoms with Crippen LogP contribution in [0.25, 0.3) is 22.0 Å². The zero-order valence-corrected chi connectivity index (χ0v) is 46.1. The van der Waals surface area contributed by atoms with Gasteiger partial charge in [-0.05, 0) is 83.0 Å². The van der Waals surface area contributed by atoms with Gasteiger partial charge in [0.15, 0.2) is 5.60 Å². The Balaban J connectivity index is 0.731. The van der Waals surface area contributed by atoms with E-state index in [0.29, 0.717) is 59.3 Å². The van der Waals surface area contributed by atoms with Gasteiger partial charge in [0.1, 0.15) is 31.8 Å². The predicted molar refractivity (Wildman–Crippen MR) is 293 cm³/mol. The standard InChI is InChI=1S/C58H66FN9O15/c1-3-58(79)41-26-45-38-24-36-25-42(59)34(2)37-9-10-43(54(53(36)37)39(38)29-68(45)56(77)40(41)31-83-57(58)78)63-49(72)32-82-33-62-46(69)27-61-55(76)44(23-35-7-5-4-6-8-35)64-47(70)28-60-48(71)30-65-15-19-80-21-17-66(18-22-81-20-16-65)50(73)13-14-67-51(74)11-12-52(67)75/h4-8,11-12,24-26,43-44,79H,3,9-10,13-23,27-33H2,1-2H3,(H,60,71)(H,61,76)(H,62,69)(H,63,72)(H,64,70)/t43-,44-,58-/m0/s1. The molecule has 4 aliphatic heterocycles. The number of halogens is 1. The summed E-state index contributed by atoms with van der Waals surface area (Å²) in [5.74, 6) is -5.44. The Morgan fingerprint density at radius 2 is 1.53 bits per heavy atom. The highest BCUT2D eigenvalue weighted by molar-refractivity contribution is 6.13. The number of aryl methyl sites for hydroxylation is 1. The molecule has 3 atom stereocenters. The van der Waals surface area contributed by atoms with E-state index in [0.717, 1.165) is 21.4 Å². The molecule has 0 spiro atoms. The maximum atomic E-state index is 15.4. The van der Waals surface area contributed by atoms with Crippen LogP contribution in [0.5, 0.6) is 0 Å². The van der Waals surface area contributed by atoms with E-state index in [4.69, 9.17) is 18.9 Å². The summed E-state index contributed by atoms with van der Waals surface area (Å²) in [6.07, 6.45) is 3.15. The van der Waals surface area contributed by atoms with E-state index in [1.807, 2.05) is 0 Å². The van der Waals surface area contributed by atoms with Gasteiger partial charge in [0.05, 0.1) is 69.9 Å². The molecule has 8 amide bonds. The summed E-state index contributed by atoms with van der Waals surface area (Å²) in [7, 11) is 0. The van der Waals surface area contributed by atoms with E-state index in [1.54, 1.807) is 66.1 Å². The monoisotopic (exact) mass is 1150 g/mol. The van der Waals surface area contributed by atoms with E-state index in [2.05, 4.69) is 26.6 Å². The Labute approximate surface area is 475 Å². The summed E-state index contributed by atoms with van der Waals surface area (Å²) >= 11 is 0. The van der Waals surface area contributed by atoms with Crippen LogP contribution in [0.2, 0.25) is 0 Å². The first-order valence-corrected chi connectivity index (χ1v) is 27.6. The number of fused-ring (bicyclic) bond motifs is 5. The molecular formula is C58H66FN9O15. The lowest BCUT2D eigenvalue weighted by Gasteiger charge is -2.31. The van der Waals surface area contributed by atoms with E-state index >= 15 is 4.39 Å². The second-order valence-electron chi connectivity index (χ2n) is 20.8. The summed E-state index contributed by atoms with van der Waals surface area (Å²) in [5, 5.41) is 26.0. The lowest BCUT2D eigenvalue weighted by Crippen LogP contribution is -2.52. The lowest BCUT2D eigenvalue weighted by molar-refractivity contribution is -0.172. The molecule has 1 saturated heterocycles. The van der Waals surface area contributed by atoms with Crippen molar-refractivity contribution in [1.82, 2.24) is 45.9 Å². The quantitative estimate of drug-likeness (QED) is 0.0270. The molecule has 5 heterocycles. The number of hydrogen-bond donors (Lipinski definition) is 6. The van der Waals surface area contributed by atoms with Crippen molar-refractivity contribution in [3.05, 3.63) is 116 Å². The molecule has 83 heavy (non-hydrogen) atoms. The Morgan fingerprint density at radius 1 is 0.831 bits per heavy atom. The average molecular weight is 1150 g/mol. The van der Waals surface area contributed by atoms with Gasteiger partial charge in [-0.15, -0.1) is 0 Å². The van der Waals surface area contributed by atoms with Crippen molar-refractivity contribution in [3.63, 3.8) is 0 Å². The number of pyridine rings is 1. The van der Waals surface area contributed by atoms with Gasteiger partial charge in [-0.25, -0.2) is 9.18 Å². The number of nitrogens with zero attached hydrogens (tertiary/aromatic N) is 4. The van der Waals surface area contributed by atoms with Crippen molar-refractivity contribution in [2.75, 3.05) is 92.1 Å². The fourth-order valence-electron chi connectivity index (χ4n) is 11.1. The molecule has 440 valence electrons. The Morgan fingerprint density at radius 3 is 2.24 bits per heavy atom. The summed E-state index contributed by atoms with van der Waals surface area (Å²) in [4.78, 5) is 134. The molecule has 0 unspecified atom stereocenters. The molecule has 1 aromatic heterocycles. The largest absolute Gasteiger partial charge is 0.458 e. The fourth-order valence-corrected chi connectivity index (χ4v) is 11.1. The van der Waals surface area contributed by atoms with Crippen molar-refractivity contribution in [1.29, 1.82) is 0 Å². The van der Waals surface area contributed by atoms with Crippen LogP contribution in [0.3, 0.4) is 0 Å². The number of rotatable bonds is 19. The van der Waals surface area contributed by atoms with E-state index in [9.17, 15) is 53.1 Å². The highest BCUT2D eigenvalue weighted by Crippen LogP contribution is 2.47. The minimum Gasteiger partial charge on any atom is -0.458 e. The van der Waals surface area contributed by atoms with Crippen LogP contribution in [0.4, 0.5) is 4.39 Å². The molecule has 6 N–H and O–H groups in total. The van der Waals surface area contributed by atoms with E-state index in [-0.39, 0.29) is 102 Å². The Bertz CT molecular complexity index is 3300. The van der Waals surface area contributed by atoms with Crippen molar-refractivity contribution in [2.45, 2.75) is 76.8 Å². The highest BCUT2D eigenvalue weighted by Gasteiger charge is 2.46. The minimum absolute atomic E-state index is 0.0305. The van der Waals surface area contributed by atoms with Gasteiger partial charge >= 0.3 is 5.97 Å². The van der Waals surface area contributed by atoms with Gasteiger partial charge in [-0.2, -0.15) is 0 Å². The maximum Gasteiger partial charge on any atom is 0.343 e. The fraction of sp³-hybridized carbons (Fsp3) is 0.448. The van der Waals surface area contributed by atoms with Gasteiger partial charge in [0, 0.05) is 68.8 Å². The normalized spacial score (nSPS) is 19.1. The summed E-state index contributed by atoms with van der Waals surface area (Å²) < 4.78 is 39.3. The Hall–Kier alpha value is -8.23. The third-order valence-corrected chi connectivity index (χ3v) is 15.6. The first kappa shape index (κ1) is 59.4. The molecule has 5 aliphatic rings. The molecule has 0 radical (unpaired) electrons. The number of cyclic esters (lactones) is 1. The minimum atomic E-state index is -2.03. The topological polar surface area (TPSA) is 303 Å². The van der Waals surface area contributed by atoms with Crippen LogP contribution in [-0.4, -0.2) is 176 Å². The number of amides is 8. The first-order valence-electron chi connectivity index (χ1n) is 27.6. The number of esters is 1. The molecule has 4 aromatic rings. The number of nitrogens with one attached hydrogen (secondary N) is 5. The summed E-state index contributed by atoms with van der Waals surface area (Å²) in [6.45, 7) is 3.15. The highest BCUT2D eigenvalue weighted by atomic mass is 19.1. The van der Waals surface area contributed by atoms with E-state index < -0.39 is 103 Å². The van der Waals surface area contributed by atoms with Crippen molar-refractivity contribution < 1.29 is 71.6 Å². The molecule has 9 rings (SSSR count). The van der Waals surface area contributed by atoms with Gasteiger partial charge in [0.25, 0.3) is 17.4 Å².